The van der Waals surface area contributed by atoms with E-state index < -0.39 is 12.5 Å². The number of hydrogen-bond donors (Lipinski definition) is 1. The largest absolute Gasteiger partial charge is 0.382 e. The van der Waals surface area contributed by atoms with Gasteiger partial charge in [0, 0.05) is 18.8 Å². The summed E-state index contributed by atoms with van der Waals surface area (Å²) in [5.74, 6) is 0. The minimum Gasteiger partial charge on any atom is -0.382 e. The monoisotopic (exact) mass is 176 g/mol. The van der Waals surface area contributed by atoms with Crippen LogP contribution in [0.2, 0.25) is 0 Å². The summed E-state index contributed by atoms with van der Waals surface area (Å²) in [6.07, 6.45) is -3.09. The molecule has 3 nitrogen and oxygen atoms in total. The van der Waals surface area contributed by atoms with E-state index in [2.05, 4.69) is 5.10 Å². The fourth-order valence-electron chi connectivity index (χ4n) is 1.04. The van der Waals surface area contributed by atoms with Gasteiger partial charge in [-0.05, 0) is 6.92 Å². The third-order valence-electron chi connectivity index (χ3n) is 1.61. The molecule has 1 rings (SSSR count). The van der Waals surface area contributed by atoms with Gasteiger partial charge >= 0.3 is 0 Å². The summed E-state index contributed by atoms with van der Waals surface area (Å²) in [4.78, 5) is 0. The van der Waals surface area contributed by atoms with Crippen LogP contribution in [-0.4, -0.2) is 21.3 Å². The molecule has 0 spiro atoms. The van der Waals surface area contributed by atoms with Crippen molar-refractivity contribution in [3.63, 3.8) is 0 Å². The van der Waals surface area contributed by atoms with Gasteiger partial charge in [0.15, 0.2) is 0 Å². The quantitative estimate of drug-likeness (QED) is 0.730. The van der Waals surface area contributed by atoms with Crippen LogP contribution < -0.4 is 0 Å². The molecule has 0 aliphatic carbocycles. The van der Waals surface area contributed by atoms with E-state index in [0.29, 0.717) is 5.69 Å². The highest BCUT2D eigenvalue weighted by atomic mass is 19.3. The van der Waals surface area contributed by atoms with Crippen LogP contribution in [0.25, 0.3) is 0 Å². The van der Waals surface area contributed by atoms with Crippen molar-refractivity contribution in [2.75, 3.05) is 0 Å². The first-order chi connectivity index (χ1) is 5.52. The first kappa shape index (κ1) is 9.12. The molecule has 1 heterocycles. The van der Waals surface area contributed by atoms with Crippen LogP contribution in [0.5, 0.6) is 0 Å². The molecule has 0 radical (unpaired) electrons. The Bertz CT molecular complexity index is 272. The second-order valence-corrected chi connectivity index (χ2v) is 2.62. The number of halogens is 2. The highest BCUT2D eigenvalue weighted by molar-refractivity contribution is 5.18. The van der Waals surface area contributed by atoms with Gasteiger partial charge in [0.25, 0.3) is 6.43 Å². The van der Waals surface area contributed by atoms with E-state index >= 15 is 0 Å². The van der Waals surface area contributed by atoms with Gasteiger partial charge in [0.1, 0.15) is 6.10 Å². The number of aryl methyl sites for hydroxylation is 2. The van der Waals surface area contributed by atoms with Crippen LogP contribution in [0.3, 0.4) is 0 Å². The smallest absolute Gasteiger partial charge is 0.268 e. The predicted octanol–water partition coefficient (Wildman–Crippen LogP) is 1.03. The van der Waals surface area contributed by atoms with Gasteiger partial charge in [-0.25, -0.2) is 8.78 Å². The number of alkyl halides is 2. The minimum absolute atomic E-state index is 0.188. The average Bonchev–Trinajstić information content (AvgIpc) is 2.28. The van der Waals surface area contributed by atoms with Crippen LogP contribution in [0.15, 0.2) is 6.20 Å². The molecule has 0 bridgehead atoms. The minimum atomic E-state index is -2.76. The Kier molecular flexibility index (Phi) is 2.42. The summed E-state index contributed by atoms with van der Waals surface area (Å²) in [7, 11) is 1.62. The SMILES string of the molecule is Cc1nn(C)cc1[C@@H](O)C(F)F. The topological polar surface area (TPSA) is 38.0 Å². The summed E-state index contributed by atoms with van der Waals surface area (Å²) in [6.45, 7) is 1.58. The Labute approximate surface area is 68.6 Å². The molecule has 0 amide bonds. The molecule has 0 fully saturated rings. The third kappa shape index (κ3) is 1.61. The van der Waals surface area contributed by atoms with E-state index in [-0.39, 0.29) is 5.56 Å². The van der Waals surface area contributed by atoms with E-state index in [1.807, 2.05) is 0 Å². The summed E-state index contributed by atoms with van der Waals surface area (Å²) >= 11 is 0. The van der Waals surface area contributed by atoms with E-state index in [0.717, 1.165) is 0 Å². The molecule has 12 heavy (non-hydrogen) atoms. The first-order valence-corrected chi connectivity index (χ1v) is 3.48. The van der Waals surface area contributed by atoms with Crippen LogP contribution in [0.1, 0.15) is 17.4 Å². The van der Waals surface area contributed by atoms with Gasteiger partial charge < -0.3 is 5.11 Å². The molecule has 0 saturated carbocycles. The van der Waals surface area contributed by atoms with E-state index in [4.69, 9.17) is 5.11 Å². The molecule has 1 atom stereocenters. The molecule has 68 valence electrons. The second-order valence-electron chi connectivity index (χ2n) is 2.62. The van der Waals surface area contributed by atoms with Crippen molar-refractivity contribution in [2.45, 2.75) is 19.5 Å². The standard InChI is InChI=1S/C7H10F2N2O/c1-4-5(3-11(2)10-4)6(12)7(8)9/h3,6-7,12H,1-2H3/t6-/m1/s1. The number of rotatable bonds is 2. The van der Waals surface area contributed by atoms with Gasteiger partial charge in [-0.1, -0.05) is 0 Å². The van der Waals surface area contributed by atoms with Crippen molar-refractivity contribution in [2.24, 2.45) is 7.05 Å². The molecular weight excluding hydrogens is 166 g/mol. The zero-order valence-corrected chi connectivity index (χ0v) is 6.83. The lowest BCUT2D eigenvalue weighted by molar-refractivity contribution is -0.00616. The number of aliphatic hydroxyl groups is 1. The lowest BCUT2D eigenvalue weighted by atomic mass is 10.1. The summed E-state index contributed by atoms with van der Waals surface area (Å²) in [6, 6.07) is 0. The Morgan fingerprint density at radius 2 is 2.17 bits per heavy atom. The zero-order valence-electron chi connectivity index (χ0n) is 6.83. The molecule has 0 unspecified atom stereocenters. The number of aliphatic hydroxyl groups excluding tert-OH is 1. The molecular formula is C7H10F2N2O. The highest BCUT2D eigenvalue weighted by Gasteiger charge is 2.22. The van der Waals surface area contributed by atoms with Crippen molar-refractivity contribution in [1.82, 2.24) is 9.78 Å². The van der Waals surface area contributed by atoms with Crippen LogP contribution in [0, 0.1) is 6.92 Å². The maximum absolute atomic E-state index is 12.0. The van der Waals surface area contributed by atoms with E-state index in [9.17, 15) is 8.78 Å². The molecule has 0 saturated heterocycles. The molecule has 5 heteroatoms. The predicted molar refractivity (Wildman–Crippen MR) is 38.9 cm³/mol. The van der Waals surface area contributed by atoms with Gasteiger partial charge in [0.2, 0.25) is 0 Å². The second kappa shape index (κ2) is 3.18. The lowest BCUT2D eigenvalue weighted by Crippen LogP contribution is -2.08. The van der Waals surface area contributed by atoms with Gasteiger partial charge in [0.05, 0.1) is 5.69 Å². The lowest BCUT2D eigenvalue weighted by Gasteiger charge is -2.06. The molecule has 0 aliphatic rings. The maximum atomic E-state index is 12.0. The highest BCUT2D eigenvalue weighted by Crippen LogP contribution is 2.22. The number of nitrogens with zero attached hydrogens (tertiary/aromatic N) is 2. The third-order valence-corrected chi connectivity index (χ3v) is 1.61. The Balaban J connectivity index is 2.94. The normalized spacial score (nSPS) is 13.8. The first-order valence-electron chi connectivity index (χ1n) is 3.48. The van der Waals surface area contributed by atoms with Crippen molar-refractivity contribution in [1.29, 1.82) is 0 Å². The Morgan fingerprint density at radius 1 is 1.58 bits per heavy atom. The van der Waals surface area contributed by atoms with Crippen molar-refractivity contribution < 1.29 is 13.9 Å². The van der Waals surface area contributed by atoms with Gasteiger partial charge in [-0.15, -0.1) is 0 Å². The summed E-state index contributed by atoms with van der Waals surface area (Å²) in [5, 5.41) is 12.8. The number of hydrogen-bond acceptors (Lipinski definition) is 2. The zero-order chi connectivity index (χ0) is 9.30. The fourth-order valence-corrected chi connectivity index (χ4v) is 1.04. The molecule has 0 aliphatic heterocycles. The van der Waals surface area contributed by atoms with Crippen molar-refractivity contribution in [3.05, 3.63) is 17.5 Å². The fraction of sp³-hybridized carbons (Fsp3) is 0.571. The average molecular weight is 176 g/mol. The van der Waals surface area contributed by atoms with Crippen LogP contribution in [-0.2, 0) is 7.05 Å². The summed E-state index contributed by atoms with van der Waals surface area (Å²) < 4.78 is 25.4. The van der Waals surface area contributed by atoms with Crippen LogP contribution >= 0.6 is 0 Å². The molecule has 1 aromatic rings. The van der Waals surface area contributed by atoms with Crippen molar-refractivity contribution >= 4 is 0 Å². The van der Waals surface area contributed by atoms with Gasteiger partial charge in [-0.3, -0.25) is 4.68 Å². The van der Waals surface area contributed by atoms with E-state index in [1.165, 1.54) is 10.9 Å². The molecule has 0 aromatic carbocycles. The molecule has 1 aromatic heterocycles. The molecule has 1 N–H and O–H groups in total. The van der Waals surface area contributed by atoms with Gasteiger partial charge in [-0.2, -0.15) is 5.10 Å². The Hall–Kier alpha value is -0.970. The maximum Gasteiger partial charge on any atom is 0.268 e. The van der Waals surface area contributed by atoms with E-state index in [1.54, 1.807) is 14.0 Å². The van der Waals surface area contributed by atoms with Crippen LogP contribution in [0.4, 0.5) is 8.78 Å². The summed E-state index contributed by atoms with van der Waals surface area (Å²) in [5.41, 5.74) is 0.623. The number of aromatic nitrogens is 2. The van der Waals surface area contributed by atoms with Crippen molar-refractivity contribution in [3.8, 4) is 0 Å². The Morgan fingerprint density at radius 3 is 2.50 bits per heavy atom.